The van der Waals surface area contributed by atoms with Crippen molar-refractivity contribution in [2.24, 2.45) is 10.9 Å². The number of halogens is 2. The minimum absolute atomic E-state index is 0.0883. The van der Waals surface area contributed by atoms with Crippen LogP contribution in [0.25, 0.3) is 10.9 Å². The standard InChI is InChI=1S/C23H28F2N8/c1-14(22(24)25)10-21(32-27)30-20-13-19-18(4-2-8-28-19)23(31-20)29-15-11-16-5-6-17(12-15)33(16)9-3-7-26/h2,4,8,10,13,15-17,22H,3,5-6,9,11-12,27H2,1H3,(H2,29,30,31,32)/b14-10+/t15?,16-,17+. The number of alkyl halides is 2. The van der Waals surface area contributed by atoms with Gasteiger partial charge < -0.3 is 16.5 Å². The van der Waals surface area contributed by atoms with Crippen LogP contribution in [-0.2, 0) is 0 Å². The summed E-state index contributed by atoms with van der Waals surface area (Å²) in [5, 5.41) is 19.9. The first kappa shape index (κ1) is 22.9. The van der Waals surface area contributed by atoms with Crippen LogP contribution in [0.4, 0.5) is 20.4 Å². The van der Waals surface area contributed by atoms with Gasteiger partial charge in [-0.15, -0.1) is 0 Å². The summed E-state index contributed by atoms with van der Waals surface area (Å²) in [6, 6.07) is 9.00. The summed E-state index contributed by atoms with van der Waals surface area (Å²) in [5.74, 6) is 6.60. The molecular weight excluding hydrogens is 426 g/mol. The number of fused-ring (bicyclic) bond motifs is 3. The summed E-state index contributed by atoms with van der Waals surface area (Å²) in [5.41, 5.74) is 0.570. The van der Waals surface area contributed by atoms with Crippen LogP contribution in [0, 0.1) is 11.3 Å². The number of amidine groups is 1. The minimum atomic E-state index is -2.60. The molecule has 3 atom stereocenters. The van der Waals surface area contributed by atoms with Crippen LogP contribution in [0.1, 0.15) is 39.0 Å². The predicted octanol–water partition coefficient (Wildman–Crippen LogP) is 3.85. The lowest BCUT2D eigenvalue weighted by Gasteiger charge is -2.39. The molecule has 0 aliphatic carbocycles. The monoisotopic (exact) mass is 454 g/mol. The average Bonchev–Trinajstić information content (AvgIpc) is 3.04. The lowest BCUT2D eigenvalue weighted by atomic mass is 9.97. The number of hydrogen-bond donors (Lipinski definition) is 3. The van der Waals surface area contributed by atoms with Gasteiger partial charge in [0.15, 0.2) is 5.84 Å². The van der Waals surface area contributed by atoms with E-state index in [-0.39, 0.29) is 17.5 Å². The van der Waals surface area contributed by atoms with Crippen LogP contribution < -0.4 is 16.5 Å². The molecule has 2 aromatic rings. The number of nitriles is 1. The molecule has 2 aliphatic heterocycles. The number of aromatic nitrogens is 2. The van der Waals surface area contributed by atoms with Crippen molar-refractivity contribution in [3.05, 3.63) is 36.0 Å². The zero-order valence-corrected chi connectivity index (χ0v) is 18.5. The lowest BCUT2D eigenvalue weighted by Crippen LogP contribution is -2.47. The second-order valence-corrected chi connectivity index (χ2v) is 8.60. The minimum Gasteiger partial charge on any atom is -0.367 e. The number of nitrogens with one attached hydrogen (secondary N) is 2. The fourth-order valence-corrected chi connectivity index (χ4v) is 4.89. The van der Waals surface area contributed by atoms with Crippen molar-refractivity contribution in [1.82, 2.24) is 14.9 Å². The molecule has 0 amide bonds. The van der Waals surface area contributed by atoms with Crippen LogP contribution >= 0.6 is 0 Å². The number of allylic oxidation sites excluding steroid dienone is 1. The fraction of sp³-hybridized carbons (Fsp3) is 0.478. The van der Waals surface area contributed by atoms with E-state index in [4.69, 9.17) is 16.1 Å². The number of piperidine rings is 1. The fourth-order valence-electron chi connectivity index (χ4n) is 4.89. The molecule has 33 heavy (non-hydrogen) atoms. The van der Waals surface area contributed by atoms with Gasteiger partial charge in [0.05, 0.1) is 11.6 Å². The maximum atomic E-state index is 12.9. The van der Waals surface area contributed by atoms with Crippen LogP contribution in [0.5, 0.6) is 0 Å². The molecule has 10 heteroatoms. The Morgan fingerprint density at radius 1 is 1.39 bits per heavy atom. The topological polar surface area (TPSA) is 115 Å². The van der Waals surface area contributed by atoms with Gasteiger partial charge in [-0.3, -0.25) is 9.88 Å². The number of pyridine rings is 2. The molecule has 0 spiro atoms. The third-order valence-corrected chi connectivity index (χ3v) is 6.41. The summed E-state index contributed by atoms with van der Waals surface area (Å²) >= 11 is 0. The maximum absolute atomic E-state index is 12.9. The second-order valence-electron chi connectivity index (χ2n) is 8.60. The summed E-state index contributed by atoms with van der Waals surface area (Å²) in [6.45, 7) is 2.15. The number of rotatable bonds is 7. The Morgan fingerprint density at radius 2 is 2.15 bits per heavy atom. The average molecular weight is 455 g/mol. The summed E-state index contributed by atoms with van der Waals surface area (Å²) in [4.78, 5) is 11.6. The van der Waals surface area contributed by atoms with Crippen molar-refractivity contribution in [3.63, 3.8) is 0 Å². The maximum Gasteiger partial charge on any atom is 0.260 e. The molecule has 4 heterocycles. The third kappa shape index (κ3) is 5.20. The van der Waals surface area contributed by atoms with Crippen LogP contribution in [0.3, 0.4) is 0 Å². The van der Waals surface area contributed by atoms with Crippen molar-refractivity contribution in [1.29, 1.82) is 5.26 Å². The Hall–Kier alpha value is -3.32. The number of anilines is 2. The number of nitrogens with zero attached hydrogens (tertiary/aromatic N) is 5. The van der Waals surface area contributed by atoms with Gasteiger partial charge in [-0.05, 0) is 56.4 Å². The Balaban J connectivity index is 1.56. The highest BCUT2D eigenvalue weighted by atomic mass is 19.3. The quantitative estimate of drug-likeness (QED) is 0.252. The molecule has 1 unspecified atom stereocenters. The van der Waals surface area contributed by atoms with E-state index in [1.54, 1.807) is 12.3 Å². The molecule has 4 rings (SSSR count). The number of hydrogen-bond acceptors (Lipinski definition) is 7. The van der Waals surface area contributed by atoms with Crippen molar-refractivity contribution in [2.45, 2.75) is 63.6 Å². The Kier molecular flexibility index (Phi) is 6.99. The van der Waals surface area contributed by atoms with E-state index < -0.39 is 6.43 Å². The van der Waals surface area contributed by atoms with Crippen molar-refractivity contribution < 1.29 is 8.78 Å². The molecule has 2 saturated heterocycles. The second kappa shape index (κ2) is 10.1. The highest BCUT2D eigenvalue weighted by Crippen LogP contribution is 2.37. The van der Waals surface area contributed by atoms with Crippen LogP contribution in [0.2, 0.25) is 0 Å². The van der Waals surface area contributed by atoms with Gasteiger partial charge >= 0.3 is 0 Å². The third-order valence-electron chi connectivity index (χ3n) is 6.41. The molecule has 0 radical (unpaired) electrons. The molecular formula is C23H28F2N8. The van der Waals surface area contributed by atoms with Gasteiger partial charge in [0.25, 0.3) is 6.43 Å². The molecule has 8 nitrogen and oxygen atoms in total. The number of nitrogens with two attached hydrogens (primary N) is 1. The lowest BCUT2D eigenvalue weighted by molar-refractivity contribution is 0.136. The highest BCUT2D eigenvalue weighted by Gasteiger charge is 2.40. The summed E-state index contributed by atoms with van der Waals surface area (Å²) in [7, 11) is 0. The molecule has 0 saturated carbocycles. The van der Waals surface area contributed by atoms with Crippen LogP contribution in [0.15, 0.2) is 41.1 Å². The molecule has 2 aliphatic rings. The van der Waals surface area contributed by atoms with Crippen molar-refractivity contribution in [2.75, 3.05) is 17.2 Å². The van der Waals surface area contributed by atoms with Gasteiger partial charge in [0.2, 0.25) is 0 Å². The van der Waals surface area contributed by atoms with Gasteiger partial charge in [-0.25, -0.2) is 13.8 Å². The predicted molar refractivity (Wildman–Crippen MR) is 125 cm³/mol. The van der Waals surface area contributed by atoms with E-state index in [1.807, 2.05) is 12.1 Å². The first-order chi connectivity index (χ1) is 16.0. The Morgan fingerprint density at radius 3 is 2.82 bits per heavy atom. The molecule has 4 N–H and O–H groups in total. The normalized spacial score (nSPS) is 23.7. The van der Waals surface area contributed by atoms with Gasteiger partial charge in [0, 0.05) is 48.7 Å². The Bertz CT molecular complexity index is 1080. The van der Waals surface area contributed by atoms with Gasteiger partial charge in [-0.2, -0.15) is 10.4 Å². The molecule has 2 fully saturated rings. The summed E-state index contributed by atoms with van der Waals surface area (Å²) < 4.78 is 25.8. The highest BCUT2D eigenvalue weighted by molar-refractivity contribution is 6.04. The SMILES string of the molecule is C/C(=C\C(=N/N)Nc1cc2ncccc2c(NC2C[C@H]3CC[C@@H](C2)N3CCC#N)n1)C(F)F. The zero-order chi connectivity index (χ0) is 23.4. The van der Waals surface area contributed by atoms with E-state index in [1.165, 1.54) is 13.0 Å². The van der Waals surface area contributed by atoms with E-state index >= 15 is 0 Å². The van der Waals surface area contributed by atoms with Crippen LogP contribution in [-0.4, -0.2) is 51.8 Å². The molecule has 2 bridgehead atoms. The van der Waals surface area contributed by atoms with E-state index in [9.17, 15) is 8.78 Å². The number of hydrazone groups is 1. The zero-order valence-electron chi connectivity index (χ0n) is 18.5. The summed E-state index contributed by atoms with van der Waals surface area (Å²) in [6.07, 6.45) is 5.13. The van der Waals surface area contributed by atoms with Crippen molar-refractivity contribution in [3.8, 4) is 6.07 Å². The van der Waals surface area contributed by atoms with Gasteiger partial charge in [-0.1, -0.05) is 0 Å². The first-order valence-corrected chi connectivity index (χ1v) is 11.1. The van der Waals surface area contributed by atoms with Crippen molar-refractivity contribution >= 4 is 28.4 Å². The smallest absolute Gasteiger partial charge is 0.260 e. The molecule has 174 valence electrons. The van der Waals surface area contributed by atoms with Gasteiger partial charge in [0.1, 0.15) is 11.6 Å². The molecule has 0 aromatic carbocycles. The first-order valence-electron chi connectivity index (χ1n) is 11.1. The van der Waals surface area contributed by atoms with E-state index in [0.29, 0.717) is 30.1 Å². The van der Waals surface area contributed by atoms with E-state index in [2.05, 4.69) is 31.7 Å². The Labute approximate surface area is 191 Å². The molecule has 2 aromatic heterocycles. The largest absolute Gasteiger partial charge is 0.367 e. The van der Waals surface area contributed by atoms with E-state index in [0.717, 1.165) is 43.1 Å².